The van der Waals surface area contributed by atoms with Crippen LogP contribution in [-0.4, -0.2) is 55.2 Å². The molecule has 0 radical (unpaired) electrons. The Hall–Kier alpha value is -3.23. The Morgan fingerprint density at radius 3 is 2.12 bits per heavy atom. The number of benzene rings is 2. The number of anilines is 2. The summed E-state index contributed by atoms with van der Waals surface area (Å²) in [5.74, 6) is -1.35. The van der Waals surface area contributed by atoms with Crippen LogP contribution in [-0.2, 0) is 4.79 Å². The molecule has 1 atom stereocenters. The molecular formula is C23H26F3N3O3. The van der Waals surface area contributed by atoms with Crippen LogP contribution in [0, 0.1) is 0 Å². The SMILES string of the molecule is CCC(C)Oc1ccc(C(=O)Nc2ccc(N3CCN(C(=O)C(F)(F)F)CC3)cc2)cc1. The smallest absolute Gasteiger partial charge is 0.471 e. The largest absolute Gasteiger partial charge is 0.491 e. The van der Waals surface area contributed by atoms with Crippen LogP contribution in [0.15, 0.2) is 48.5 Å². The molecule has 1 heterocycles. The molecule has 1 aliphatic heterocycles. The lowest BCUT2D eigenvalue weighted by Gasteiger charge is -2.36. The number of hydrogen-bond acceptors (Lipinski definition) is 4. The van der Waals surface area contributed by atoms with Crippen LogP contribution >= 0.6 is 0 Å². The second kappa shape index (κ2) is 9.93. The van der Waals surface area contributed by atoms with Gasteiger partial charge in [-0.3, -0.25) is 9.59 Å². The van der Waals surface area contributed by atoms with E-state index in [1.165, 1.54) is 0 Å². The van der Waals surface area contributed by atoms with Crippen molar-refractivity contribution in [3.8, 4) is 5.75 Å². The molecule has 2 aromatic rings. The predicted octanol–water partition coefficient (Wildman–Crippen LogP) is 4.33. The van der Waals surface area contributed by atoms with Crippen LogP contribution in [0.2, 0.25) is 0 Å². The summed E-state index contributed by atoms with van der Waals surface area (Å²) in [7, 11) is 0. The molecule has 0 bridgehead atoms. The van der Waals surface area contributed by atoms with Crippen molar-refractivity contribution >= 4 is 23.2 Å². The van der Waals surface area contributed by atoms with Gasteiger partial charge >= 0.3 is 12.1 Å². The van der Waals surface area contributed by atoms with Crippen molar-refractivity contribution in [3.63, 3.8) is 0 Å². The van der Waals surface area contributed by atoms with Crippen molar-refractivity contribution in [1.29, 1.82) is 0 Å². The summed E-state index contributed by atoms with van der Waals surface area (Å²) in [4.78, 5) is 26.5. The number of alkyl halides is 3. The molecule has 1 fully saturated rings. The van der Waals surface area contributed by atoms with Crippen molar-refractivity contribution < 1.29 is 27.5 Å². The highest BCUT2D eigenvalue weighted by atomic mass is 19.4. The Balaban J connectivity index is 1.54. The molecule has 9 heteroatoms. The first-order valence-corrected chi connectivity index (χ1v) is 10.5. The van der Waals surface area contributed by atoms with Crippen LogP contribution in [0.1, 0.15) is 30.6 Å². The number of piperazine rings is 1. The molecule has 1 aliphatic rings. The number of amides is 2. The van der Waals surface area contributed by atoms with Crippen molar-refractivity contribution in [3.05, 3.63) is 54.1 Å². The maximum Gasteiger partial charge on any atom is 0.471 e. The fourth-order valence-electron chi connectivity index (χ4n) is 3.31. The summed E-state index contributed by atoms with van der Waals surface area (Å²) >= 11 is 0. The van der Waals surface area contributed by atoms with E-state index in [9.17, 15) is 22.8 Å². The minimum Gasteiger partial charge on any atom is -0.491 e. The highest BCUT2D eigenvalue weighted by molar-refractivity contribution is 6.04. The number of carbonyl (C=O) groups excluding carboxylic acids is 2. The Bertz CT molecular complexity index is 922. The van der Waals surface area contributed by atoms with Gasteiger partial charge in [0, 0.05) is 43.1 Å². The number of nitrogens with zero attached hydrogens (tertiary/aromatic N) is 2. The highest BCUT2D eigenvalue weighted by Gasteiger charge is 2.43. The van der Waals surface area contributed by atoms with E-state index in [0.29, 0.717) is 30.1 Å². The summed E-state index contributed by atoms with van der Waals surface area (Å²) in [5, 5.41) is 2.82. The second-order valence-corrected chi connectivity index (χ2v) is 7.64. The first-order chi connectivity index (χ1) is 15.2. The van der Waals surface area contributed by atoms with Gasteiger partial charge in [-0.05, 0) is 61.9 Å². The number of nitrogens with one attached hydrogen (secondary N) is 1. The number of hydrogen-bond donors (Lipinski definition) is 1. The second-order valence-electron chi connectivity index (χ2n) is 7.64. The third kappa shape index (κ3) is 5.93. The van der Waals surface area contributed by atoms with Crippen LogP contribution in [0.3, 0.4) is 0 Å². The highest BCUT2D eigenvalue weighted by Crippen LogP contribution is 2.23. The monoisotopic (exact) mass is 449 g/mol. The zero-order valence-electron chi connectivity index (χ0n) is 18.0. The maximum atomic E-state index is 12.6. The first kappa shape index (κ1) is 23.4. The van der Waals surface area contributed by atoms with Crippen LogP contribution in [0.4, 0.5) is 24.5 Å². The maximum absolute atomic E-state index is 12.6. The standard InChI is InChI=1S/C23H26F3N3O3/c1-3-16(2)32-20-10-4-17(5-11-20)21(30)27-18-6-8-19(9-7-18)28-12-14-29(15-13-28)22(31)23(24,25)26/h4-11,16H,3,12-15H2,1-2H3,(H,27,30). The quantitative estimate of drug-likeness (QED) is 0.713. The average Bonchev–Trinajstić information content (AvgIpc) is 2.79. The van der Waals surface area contributed by atoms with Gasteiger partial charge in [0.1, 0.15) is 5.75 Å². The lowest BCUT2D eigenvalue weighted by molar-refractivity contribution is -0.185. The van der Waals surface area contributed by atoms with Gasteiger partial charge in [-0.15, -0.1) is 0 Å². The topological polar surface area (TPSA) is 61.9 Å². The lowest BCUT2D eigenvalue weighted by atomic mass is 10.2. The minimum atomic E-state index is -4.84. The van der Waals surface area contributed by atoms with Gasteiger partial charge in [0.2, 0.25) is 0 Å². The third-order valence-electron chi connectivity index (χ3n) is 5.33. The van der Waals surface area contributed by atoms with Crippen LogP contribution in [0.5, 0.6) is 5.75 Å². The normalized spacial score (nSPS) is 15.3. The fourth-order valence-corrected chi connectivity index (χ4v) is 3.31. The average molecular weight is 449 g/mol. The first-order valence-electron chi connectivity index (χ1n) is 10.5. The van der Waals surface area contributed by atoms with E-state index in [0.717, 1.165) is 17.0 Å². The third-order valence-corrected chi connectivity index (χ3v) is 5.33. The Morgan fingerprint density at radius 2 is 1.59 bits per heavy atom. The summed E-state index contributed by atoms with van der Waals surface area (Å²) in [6.07, 6.45) is -3.86. The molecule has 32 heavy (non-hydrogen) atoms. The van der Waals surface area contributed by atoms with Gasteiger partial charge in [0.05, 0.1) is 6.10 Å². The van der Waals surface area contributed by atoms with E-state index in [1.807, 2.05) is 18.7 Å². The van der Waals surface area contributed by atoms with Crippen molar-refractivity contribution in [2.45, 2.75) is 32.5 Å². The van der Waals surface area contributed by atoms with Crippen LogP contribution < -0.4 is 15.0 Å². The molecule has 0 aromatic heterocycles. The molecule has 172 valence electrons. The molecule has 2 amide bonds. The molecule has 1 unspecified atom stereocenters. The number of ether oxygens (including phenoxy) is 1. The zero-order chi connectivity index (χ0) is 23.3. The van der Waals surface area contributed by atoms with E-state index in [1.54, 1.807) is 48.5 Å². The molecule has 0 aliphatic carbocycles. The number of carbonyl (C=O) groups is 2. The molecule has 1 saturated heterocycles. The summed E-state index contributed by atoms with van der Waals surface area (Å²) in [6, 6.07) is 14.0. The molecule has 6 nitrogen and oxygen atoms in total. The van der Waals surface area contributed by atoms with E-state index in [2.05, 4.69) is 5.32 Å². The molecule has 1 N–H and O–H groups in total. The molecule has 0 saturated carbocycles. The fraction of sp³-hybridized carbons (Fsp3) is 0.391. The van der Waals surface area contributed by atoms with E-state index in [4.69, 9.17) is 4.74 Å². The summed E-state index contributed by atoms with van der Waals surface area (Å²) in [5.41, 5.74) is 1.91. The molecular weight excluding hydrogens is 423 g/mol. The van der Waals surface area contributed by atoms with E-state index >= 15 is 0 Å². The van der Waals surface area contributed by atoms with Gasteiger partial charge in [-0.1, -0.05) is 6.92 Å². The predicted molar refractivity (Wildman–Crippen MR) is 116 cm³/mol. The van der Waals surface area contributed by atoms with Crippen LogP contribution in [0.25, 0.3) is 0 Å². The molecule has 2 aromatic carbocycles. The van der Waals surface area contributed by atoms with Crippen molar-refractivity contribution in [2.24, 2.45) is 0 Å². The van der Waals surface area contributed by atoms with Crippen molar-refractivity contribution in [1.82, 2.24) is 4.90 Å². The molecule has 0 spiro atoms. The Morgan fingerprint density at radius 1 is 1.00 bits per heavy atom. The number of rotatable bonds is 6. The van der Waals surface area contributed by atoms with Crippen molar-refractivity contribution in [2.75, 3.05) is 36.4 Å². The van der Waals surface area contributed by atoms with E-state index < -0.39 is 12.1 Å². The van der Waals surface area contributed by atoms with Gasteiger partial charge in [0.25, 0.3) is 5.91 Å². The Kier molecular flexibility index (Phi) is 7.27. The van der Waals surface area contributed by atoms with Gasteiger partial charge in [0.15, 0.2) is 0 Å². The minimum absolute atomic E-state index is 0.00751. The zero-order valence-corrected chi connectivity index (χ0v) is 18.0. The molecule has 3 rings (SSSR count). The summed E-state index contributed by atoms with van der Waals surface area (Å²) in [6.45, 7) is 4.64. The number of halogens is 3. The van der Waals surface area contributed by atoms with Gasteiger partial charge in [-0.2, -0.15) is 13.2 Å². The van der Waals surface area contributed by atoms with Gasteiger partial charge in [-0.25, -0.2) is 0 Å². The van der Waals surface area contributed by atoms with Gasteiger partial charge < -0.3 is 19.9 Å². The lowest BCUT2D eigenvalue weighted by Crippen LogP contribution is -2.52. The Labute approximate surface area is 184 Å². The van der Waals surface area contributed by atoms with E-state index in [-0.39, 0.29) is 25.1 Å². The summed E-state index contributed by atoms with van der Waals surface area (Å²) < 4.78 is 43.4.